The van der Waals surface area contributed by atoms with Crippen LogP contribution in [0.5, 0.6) is 0 Å². The van der Waals surface area contributed by atoms with Gasteiger partial charge in [-0.25, -0.2) is 0 Å². The molecule has 4 aromatic rings. The van der Waals surface area contributed by atoms with Crippen molar-refractivity contribution in [2.75, 3.05) is 0 Å². The lowest BCUT2D eigenvalue weighted by Gasteiger charge is -2.15. The Kier molecular flexibility index (Phi) is 4.95. The van der Waals surface area contributed by atoms with Crippen molar-refractivity contribution >= 4 is 27.1 Å². The van der Waals surface area contributed by atoms with Crippen LogP contribution in [0.15, 0.2) is 115 Å². The zero-order chi connectivity index (χ0) is 19.5. The standard InChI is InChI=1S/C28H24/c1-4-21(20(2)3)19-28(26-17-9-13-22-11-5-7-15-24(22)26)27-18-10-14-23-12-6-8-16-25(23)27/h4-19H,1H2,2-3H3. The molecule has 0 atom stereocenters. The summed E-state index contributed by atoms with van der Waals surface area (Å²) in [7, 11) is 0. The zero-order valence-electron chi connectivity index (χ0n) is 16.4. The van der Waals surface area contributed by atoms with E-state index in [9.17, 15) is 0 Å². The Labute approximate surface area is 167 Å². The maximum Gasteiger partial charge on any atom is -0.00930 e. The third-order valence-corrected chi connectivity index (χ3v) is 5.26. The van der Waals surface area contributed by atoms with Crippen molar-refractivity contribution in [1.82, 2.24) is 0 Å². The summed E-state index contributed by atoms with van der Waals surface area (Å²) in [5.41, 5.74) is 6.14. The molecule has 4 aromatic carbocycles. The summed E-state index contributed by atoms with van der Waals surface area (Å²) in [5.74, 6) is 0. The molecule has 0 aliphatic carbocycles. The molecule has 0 aliphatic rings. The summed E-state index contributed by atoms with van der Waals surface area (Å²) in [6.07, 6.45) is 4.23. The van der Waals surface area contributed by atoms with Crippen molar-refractivity contribution in [3.05, 3.63) is 126 Å². The Morgan fingerprint density at radius 1 is 0.643 bits per heavy atom. The first-order valence-corrected chi connectivity index (χ1v) is 9.67. The molecule has 0 heterocycles. The molecular formula is C28H24. The predicted molar refractivity (Wildman–Crippen MR) is 124 cm³/mol. The summed E-state index contributed by atoms with van der Waals surface area (Å²) in [6.45, 7) is 8.32. The highest BCUT2D eigenvalue weighted by atomic mass is 14.2. The van der Waals surface area contributed by atoms with E-state index < -0.39 is 0 Å². The van der Waals surface area contributed by atoms with Crippen molar-refractivity contribution in [1.29, 1.82) is 0 Å². The Hall–Kier alpha value is -3.38. The van der Waals surface area contributed by atoms with Crippen molar-refractivity contribution < 1.29 is 0 Å². The molecule has 28 heavy (non-hydrogen) atoms. The van der Waals surface area contributed by atoms with Crippen molar-refractivity contribution in [2.45, 2.75) is 13.8 Å². The van der Waals surface area contributed by atoms with E-state index >= 15 is 0 Å². The monoisotopic (exact) mass is 360 g/mol. The van der Waals surface area contributed by atoms with Gasteiger partial charge in [-0.15, -0.1) is 0 Å². The number of hydrogen-bond acceptors (Lipinski definition) is 0. The van der Waals surface area contributed by atoms with Crippen LogP contribution in [0.3, 0.4) is 0 Å². The summed E-state index contributed by atoms with van der Waals surface area (Å²) in [4.78, 5) is 0. The SMILES string of the molecule is C=CC(C=C(c1cccc2ccccc12)c1cccc2ccccc12)=C(C)C. The van der Waals surface area contributed by atoms with Crippen LogP contribution in [0.4, 0.5) is 0 Å². The largest absolute Gasteiger partial charge is 0.0985 e. The maximum atomic E-state index is 4.04. The fourth-order valence-corrected chi connectivity index (χ4v) is 3.78. The van der Waals surface area contributed by atoms with Gasteiger partial charge in [0.25, 0.3) is 0 Å². The van der Waals surface area contributed by atoms with Gasteiger partial charge >= 0.3 is 0 Å². The van der Waals surface area contributed by atoms with E-state index in [1.54, 1.807) is 0 Å². The van der Waals surface area contributed by atoms with Crippen LogP contribution in [0.25, 0.3) is 27.1 Å². The molecule has 136 valence electrons. The lowest BCUT2D eigenvalue weighted by atomic mass is 9.88. The fourth-order valence-electron chi connectivity index (χ4n) is 3.78. The Morgan fingerprint density at radius 2 is 1.11 bits per heavy atom. The van der Waals surface area contributed by atoms with Crippen LogP contribution in [-0.4, -0.2) is 0 Å². The highest BCUT2D eigenvalue weighted by Crippen LogP contribution is 2.35. The van der Waals surface area contributed by atoms with Gasteiger partial charge in [-0.2, -0.15) is 0 Å². The van der Waals surface area contributed by atoms with E-state index in [1.807, 2.05) is 6.08 Å². The van der Waals surface area contributed by atoms with E-state index in [0.29, 0.717) is 0 Å². The van der Waals surface area contributed by atoms with E-state index in [4.69, 9.17) is 0 Å². The second kappa shape index (κ2) is 7.70. The topological polar surface area (TPSA) is 0 Å². The summed E-state index contributed by atoms with van der Waals surface area (Å²) < 4.78 is 0. The minimum absolute atomic E-state index is 1.16. The molecule has 0 unspecified atom stereocenters. The fraction of sp³-hybridized carbons (Fsp3) is 0.0714. The van der Waals surface area contributed by atoms with Crippen LogP contribution in [0.1, 0.15) is 25.0 Å². The molecular weight excluding hydrogens is 336 g/mol. The smallest absolute Gasteiger partial charge is 0.00930 e. The molecule has 0 saturated carbocycles. The second-order valence-corrected chi connectivity index (χ2v) is 7.27. The van der Waals surface area contributed by atoms with Crippen molar-refractivity contribution in [2.24, 2.45) is 0 Å². The summed E-state index contributed by atoms with van der Waals surface area (Å²) >= 11 is 0. The highest BCUT2D eigenvalue weighted by Gasteiger charge is 2.12. The quantitative estimate of drug-likeness (QED) is 0.324. The minimum atomic E-state index is 1.16. The second-order valence-electron chi connectivity index (χ2n) is 7.27. The van der Waals surface area contributed by atoms with Crippen LogP contribution in [-0.2, 0) is 0 Å². The average Bonchev–Trinajstić information content (AvgIpc) is 2.74. The zero-order valence-corrected chi connectivity index (χ0v) is 16.4. The van der Waals surface area contributed by atoms with E-state index in [0.717, 1.165) is 5.57 Å². The molecule has 0 heteroatoms. The van der Waals surface area contributed by atoms with Crippen LogP contribution < -0.4 is 0 Å². The lowest BCUT2D eigenvalue weighted by Crippen LogP contribution is -1.93. The first kappa shape index (κ1) is 18.0. The van der Waals surface area contributed by atoms with E-state index in [2.05, 4.69) is 111 Å². The maximum absolute atomic E-state index is 4.04. The molecule has 0 bridgehead atoms. The summed E-state index contributed by atoms with van der Waals surface area (Å²) in [6, 6.07) is 30.3. The first-order chi connectivity index (χ1) is 13.7. The average molecular weight is 361 g/mol. The molecule has 0 aromatic heterocycles. The Morgan fingerprint density at radius 3 is 1.57 bits per heavy atom. The molecule has 4 rings (SSSR count). The minimum Gasteiger partial charge on any atom is -0.0985 e. The normalized spacial score (nSPS) is 10.6. The van der Waals surface area contributed by atoms with Crippen LogP contribution in [0.2, 0.25) is 0 Å². The molecule has 0 saturated heterocycles. The molecule has 0 nitrogen and oxygen atoms in total. The number of benzene rings is 4. The van der Waals surface area contributed by atoms with Crippen molar-refractivity contribution in [3.8, 4) is 0 Å². The Bertz CT molecular complexity index is 1140. The van der Waals surface area contributed by atoms with Crippen molar-refractivity contribution in [3.63, 3.8) is 0 Å². The molecule has 0 radical (unpaired) electrons. The molecule has 0 spiro atoms. The molecule has 0 amide bonds. The van der Waals surface area contributed by atoms with Gasteiger partial charge in [0, 0.05) is 0 Å². The third kappa shape index (κ3) is 3.30. The first-order valence-electron chi connectivity index (χ1n) is 9.67. The predicted octanol–water partition coefficient (Wildman–Crippen LogP) is 7.95. The van der Waals surface area contributed by atoms with E-state index in [1.165, 1.54) is 43.8 Å². The van der Waals surface area contributed by atoms with Gasteiger partial charge in [0.15, 0.2) is 0 Å². The third-order valence-electron chi connectivity index (χ3n) is 5.26. The van der Waals surface area contributed by atoms with Gasteiger partial charge in [-0.05, 0) is 63.7 Å². The lowest BCUT2D eigenvalue weighted by molar-refractivity contribution is 1.34. The molecule has 0 fully saturated rings. The number of allylic oxidation sites excluding steroid dienone is 4. The van der Waals surface area contributed by atoms with Gasteiger partial charge in [0.1, 0.15) is 0 Å². The number of fused-ring (bicyclic) bond motifs is 2. The number of hydrogen-bond donors (Lipinski definition) is 0. The Balaban J connectivity index is 2.10. The number of rotatable bonds is 4. The van der Waals surface area contributed by atoms with E-state index in [-0.39, 0.29) is 0 Å². The van der Waals surface area contributed by atoms with Gasteiger partial charge in [-0.1, -0.05) is 103 Å². The highest BCUT2D eigenvalue weighted by molar-refractivity contribution is 6.04. The molecule has 0 aliphatic heterocycles. The van der Waals surface area contributed by atoms with Gasteiger partial charge < -0.3 is 0 Å². The van der Waals surface area contributed by atoms with Crippen LogP contribution in [0, 0.1) is 0 Å². The van der Waals surface area contributed by atoms with Gasteiger partial charge in [0.2, 0.25) is 0 Å². The van der Waals surface area contributed by atoms with Gasteiger partial charge in [-0.3, -0.25) is 0 Å². The molecule has 0 N–H and O–H groups in total. The van der Waals surface area contributed by atoms with Gasteiger partial charge in [0.05, 0.1) is 0 Å². The summed E-state index contributed by atoms with van der Waals surface area (Å²) in [5, 5.41) is 5.04. The van der Waals surface area contributed by atoms with Crippen LogP contribution >= 0.6 is 0 Å².